The topological polar surface area (TPSA) is 39.9 Å². The maximum Gasteiger partial charge on any atom is 0.165 e. The molecule has 96 valence electrons. The SMILES string of the molecule is COc1cncc2cn(-c3c(Cl)cccc3Cl)nc12. The van der Waals surface area contributed by atoms with Gasteiger partial charge < -0.3 is 4.74 Å². The van der Waals surface area contributed by atoms with Gasteiger partial charge in [0, 0.05) is 17.8 Å². The van der Waals surface area contributed by atoms with Crippen molar-refractivity contribution < 1.29 is 4.74 Å². The number of halogens is 2. The lowest BCUT2D eigenvalue weighted by Crippen LogP contribution is -1.96. The number of benzene rings is 1. The van der Waals surface area contributed by atoms with Crippen molar-refractivity contribution in [3.63, 3.8) is 0 Å². The molecule has 0 saturated carbocycles. The molecule has 0 aliphatic heterocycles. The van der Waals surface area contributed by atoms with Crippen molar-refractivity contribution >= 4 is 34.1 Å². The van der Waals surface area contributed by atoms with Crippen molar-refractivity contribution in [2.45, 2.75) is 0 Å². The number of aromatic nitrogens is 3. The minimum Gasteiger partial charge on any atom is -0.493 e. The summed E-state index contributed by atoms with van der Waals surface area (Å²) in [6.45, 7) is 0. The second-order valence-electron chi connectivity index (χ2n) is 3.92. The highest BCUT2D eigenvalue weighted by atomic mass is 35.5. The molecule has 3 rings (SSSR count). The fourth-order valence-electron chi connectivity index (χ4n) is 1.89. The third kappa shape index (κ3) is 2.03. The molecule has 0 saturated heterocycles. The lowest BCUT2D eigenvalue weighted by Gasteiger charge is -2.05. The lowest BCUT2D eigenvalue weighted by molar-refractivity contribution is 0.417. The van der Waals surface area contributed by atoms with E-state index in [1.807, 2.05) is 6.20 Å². The smallest absolute Gasteiger partial charge is 0.165 e. The van der Waals surface area contributed by atoms with E-state index in [4.69, 9.17) is 27.9 Å². The predicted octanol–water partition coefficient (Wildman–Crippen LogP) is 3.74. The van der Waals surface area contributed by atoms with E-state index < -0.39 is 0 Å². The van der Waals surface area contributed by atoms with Gasteiger partial charge in [-0.25, -0.2) is 4.68 Å². The highest BCUT2D eigenvalue weighted by molar-refractivity contribution is 6.37. The predicted molar refractivity (Wildman–Crippen MR) is 75.4 cm³/mol. The average molecular weight is 294 g/mol. The van der Waals surface area contributed by atoms with Gasteiger partial charge in [-0.3, -0.25) is 4.98 Å². The van der Waals surface area contributed by atoms with Crippen molar-refractivity contribution in [2.75, 3.05) is 7.11 Å². The molecule has 0 bridgehead atoms. The second kappa shape index (κ2) is 4.72. The molecule has 2 aromatic heterocycles. The number of ether oxygens (including phenoxy) is 1. The second-order valence-corrected chi connectivity index (χ2v) is 4.74. The number of methoxy groups -OCH3 is 1. The Morgan fingerprint density at radius 1 is 1.16 bits per heavy atom. The van der Waals surface area contributed by atoms with Gasteiger partial charge in [-0.15, -0.1) is 0 Å². The summed E-state index contributed by atoms with van der Waals surface area (Å²) >= 11 is 12.3. The van der Waals surface area contributed by atoms with Crippen LogP contribution in [0.2, 0.25) is 10.0 Å². The maximum atomic E-state index is 6.17. The molecular formula is C13H9Cl2N3O. The van der Waals surface area contributed by atoms with E-state index in [1.54, 1.807) is 42.4 Å². The van der Waals surface area contributed by atoms with Crippen molar-refractivity contribution in [2.24, 2.45) is 0 Å². The summed E-state index contributed by atoms with van der Waals surface area (Å²) in [4.78, 5) is 4.09. The molecule has 0 N–H and O–H groups in total. The molecule has 2 heterocycles. The fraction of sp³-hybridized carbons (Fsp3) is 0.0769. The first kappa shape index (κ1) is 12.3. The minimum atomic E-state index is 0.534. The zero-order valence-corrected chi connectivity index (χ0v) is 11.5. The summed E-state index contributed by atoms with van der Waals surface area (Å²) in [5, 5.41) is 6.38. The molecule has 6 heteroatoms. The summed E-state index contributed by atoms with van der Waals surface area (Å²) in [5.74, 6) is 0.611. The number of nitrogens with zero attached hydrogens (tertiary/aromatic N) is 3. The van der Waals surface area contributed by atoms with E-state index in [0.717, 1.165) is 5.39 Å². The molecule has 3 aromatic rings. The van der Waals surface area contributed by atoms with E-state index in [0.29, 0.717) is 27.0 Å². The van der Waals surface area contributed by atoms with Crippen LogP contribution in [0.1, 0.15) is 0 Å². The molecule has 0 amide bonds. The van der Waals surface area contributed by atoms with Crippen LogP contribution in [0.25, 0.3) is 16.6 Å². The highest BCUT2D eigenvalue weighted by Gasteiger charge is 2.12. The molecule has 0 spiro atoms. The van der Waals surface area contributed by atoms with Gasteiger partial charge in [-0.1, -0.05) is 29.3 Å². The van der Waals surface area contributed by atoms with Gasteiger partial charge in [0.15, 0.2) is 5.75 Å². The summed E-state index contributed by atoms with van der Waals surface area (Å²) in [6, 6.07) is 5.33. The molecule has 0 aliphatic carbocycles. The molecule has 4 nitrogen and oxygen atoms in total. The Balaban J connectivity index is 2.27. The zero-order chi connectivity index (χ0) is 13.4. The molecule has 0 unspecified atom stereocenters. The summed E-state index contributed by atoms with van der Waals surface area (Å²) in [6.07, 6.45) is 5.15. The van der Waals surface area contributed by atoms with Crippen LogP contribution >= 0.6 is 23.2 Å². The van der Waals surface area contributed by atoms with Crippen LogP contribution in [-0.2, 0) is 0 Å². The van der Waals surface area contributed by atoms with E-state index in [9.17, 15) is 0 Å². The average Bonchev–Trinajstić information content (AvgIpc) is 2.81. The van der Waals surface area contributed by atoms with Crippen LogP contribution in [-0.4, -0.2) is 21.9 Å². The molecule has 19 heavy (non-hydrogen) atoms. The van der Waals surface area contributed by atoms with Crippen molar-refractivity contribution in [3.05, 3.63) is 46.8 Å². The van der Waals surface area contributed by atoms with Crippen molar-refractivity contribution in [1.82, 2.24) is 14.8 Å². The van der Waals surface area contributed by atoms with Crippen LogP contribution in [0, 0.1) is 0 Å². The first-order valence-electron chi connectivity index (χ1n) is 5.52. The standard InChI is InChI=1S/C13H9Cl2N3O/c1-19-11-6-16-5-8-7-18(17-12(8)11)13-9(14)3-2-4-10(13)15/h2-7H,1H3. The van der Waals surface area contributed by atoms with Crippen LogP contribution < -0.4 is 4.74 Å². The molecule has 0 fully saturated rings. The number of fused-ring (bicyclic) bond motifs is 1. The molecule has 1 aromatic carbocycles. The Morgan fingerprint density at radius 2 is 1.89 bits per heavy atom. The van der Waals surface area contributed by atoms with Gasteiger partial charge in [0.25, 0.3) is 0 Å². The summed E-state index contributed by atoms with van der Waals surface area (Å²) in [5.41, 5.74) is 1.36. The Kier molecular flexibility index (Phi) is 3.05. The number of para-hydroxylation sites is 1. The van der Waals surface area contributed by atoms with E-state index in [-0.39, 0.29) is 0 Å². The molecule has 0 atom stereocenters. The van der Waals surface area contributed by atoms with Crippen molar-refractivity contribution in [3.8, 4) is 11.4 Å². The van der Waals surface area contributed by atoms with Gasteiger partial charge >= 0.3 is 0 Å². The number of rotatable bonds is 2. The lowest BCUT2D eigenvalue weighted by atomic mass is 10.3. The van der Waals surface area contributed by atoms with Crippen LogP contribution in [0.5, 0.6) is 5.75 Å². The van der Waals surface area contributed by atoms with Gasteiger partial charge in [0.1, 0.15) is 11.2 Å². The third-order valence-corrected chi connectivity index (χ3v) is 3.38. The molecule has 0 aliphatic rings. The Morgan fingerprint density at radius 3 is 2.58 bits per heavy atom. The van der Waals surface area contributed by atoms with Gasteiger partial charge in [-0.2, -0.15) is 5.10 Å². The first-order chi connectivity index (χ1) is 9.20. The maximum absolute atomic E-state index is 6.17. The Bertz CT molecular complexity index is 734. The summed E-state index contributed by atoms with van der Waals surface area (Å²) < 4.78 is 6.87. The van der Waals surface area contributed by atoms with Gasteiger partial charge in [-0.05, 0) is 12.1 Å². The van der Waals surface area contributed by atoms with Crippen LogP contribution in [0.3, 0.4) is 0 Å². The van der Waals surface area contributed by atoms with Gasteiger partial charge in [0.05, 0.1) is 23.4 Å². The molecule has 0 radical (unpaired) electrons. The minimum absolute atomic E-state index is 0.534. The number of hydrogen-bond acceptors (Lipinski definition) is 3. The quantitative estimate of drug-likeness (QED) is 0.723. The Labute approximate surface area is 119 Å². The van der Waals surface area contributed by atoms with Crippen LogP contribution in [0.4, 0.5) is 0 Å². The van der Waals surface area contributed by atoms with Gasteiger partial charge in [0.2, 0.25) is 0 Å². The van der Waals surface area contributed by atoms with Crippen LogP contribution in [0.15, 0.2) is 36.8 Å². The highest BCUT2D eigenvalue weighted by Crippen LogP contribution is 2.30. The fourth-order valence-corrected chi connectivity index (χ4v) is 2.46. The number of pyridine rings is 1. The molecular weight excluding hydrogens is 285 g/mol. The normalized spacial score (nSPS) is 10.9. The number of hydrogen-bond donors (Lipinski definition) is 0. The monoisotopic (exact) mass is 293 g/mol. The summed E-state index contributed by atoms with van der Waals surface area (Å²) in [7, 11) is 1.58. The largest absolute Gasteiger partial charge is 0.493 e. The van der Waals surface area contributed by atoms with E-state index in [2.05, 4.69) is 10.1 Å². The third-order valence-electron chi connectivity index (χ3n) is 2.77. The van der Waals surface area contributed by atoms with Crippen molar-refractivity contribution in [1.29, 1.82) is 0 Å². The van der Waals surface area contributed by atoms with E-state index in [1.165, 1.54) is 0 Å². The Hall–Kier alpha value is -1.78. The zero-order valence-electron chi connectivity index (χ0n) is 9.97. The van der Waals surface area contributed by atoms with E-state index >= 15 is 0 Å². The first-order valence-corrected chi connectivity index (χ1v) is 6.28.